The van der Waals surface area contributed by atoms with Crippen LogP contribution in [0.2, 0.25) is 0 Å². The van der Waals surface area contributed by atoms with Crippen molar-refractivity contribution in [3.05, 3.63) is 28.8 Å². The topological polar surface area (TPSA) is 28.7 Å². The van der Waals surface area contributed by atoms with Crippen molar-refractivity contribution in [2.75, 3.05) is 0 Å². The number of hydrogen-bond acceptors (Lipinski definition) is 2. The molecule has 3 rings (SSSR count). The van der Waals surface area contributed by atoms with E-state index in [1.807, 2.05) is 11.3 Å². The Morgan fingerprint density at radius 3 is 2.56 bits per heavy atom. The molecule has 1 aromatic carbocycles. The molecule has 18 heavy (non-hydrogen) atoms. The van der Waals surface area contributed by atoms with Crippen LogP contribution in [-0.2, 0) is 0 Å². The van der Waals surface area contributed by atoms with Crippen molar-refractivity contribution in [3.8, 4) is 0 Å². The van der Waals surface area contributed by atoms with Gasteiger partial charge in [-0.05, 0) is 23.3 Å². The SMILES string of the molecule is CC(C)c1cc2ccc3c(C(C)C)[nH]nc3c2s1. The van der Waals surface area contributed by atoms with Gasteiger partial charge in [0.25, 0.3) is 0 Å². The van der Waals surface area contributed by atoms with Crippen molar-refractivity contribution in [2.24, 2.45) is 0 Å². The molecule has 2 nitrogen and oxygen atoms in total. The minimum absolute atomic E-state index is 0.483. The summed E-state index contributed by atoms with van der Waals surface area (Å²) in [4.78, 5) is 1.44. The van der Waals surface area contributed by atoms with Crippen molar-refractivity contribution >= 4 is 32.3 Å². The van der Waals surface area contributed by atoms with Crippen molar-refractivity contribution in [1.82, 2.24) is 10.2 Å². The minimum Gasteiger partial charge on any atom is -0.281 e. The minimum atomic E-state index is 0.483. The molecule has 3 heteroatoms. The van der Waals surface area contributed by atoms with E-state index in [-0.39, 0.29) is 0 Å². The van der Waals surface area contributed by atoms with Crippen LogP contribution in [0.25, 0.3) is 21.0 Å². The smallest absolute Gasteiger partial charge is 0.110 e. The van der Waals surface area contributed by atoms with Gasteiger partial charge in [0.05, 0.1) is 4.70 Å². The molecule has 0 fully saturated rings. The van der Waals surface area contributed by atoms with Gasteiger partial charge in [-0.15, -0.1) is 11.3 Å². The third-order valence-corrected chi connectivity index (χ3v) is 4.86. The molecule has 0 amide bonds. The fourth-order valence-electron chi connectivity index (χ4n) is 2.34. The van der Waals surface area contributed by atoms with E-state index in [1.165, 1.54) is 26.0 Å². The summed E-state index contributed by atoms with van der Waals surface area (Å²) in [5, 5.41) is 10.3. The molecular weight excluding hydrogens is 240 g/mol. The lowest BCUT2D eigenvalue weighted by atomic mass is 10.1. The Morgan fingerprint density at radius 2 is 1.89 bits per heavy atom. The summed E-state index contributed by atoms with van der Waals surface area (Å²) in [5.41, 5.74) is 2.37. The fraction of sp³-hybridized carbons (Fsp3) is 0.400. The number of nitrogens with one attached hydrogen (secondary N) is 1. The Morgan fingerprint density at radius 1 is 1.11 bits per heavy atom. The largest absolute Gasteiger partial charge is 0.281 e. The number of benzene rings is 1. The Kier molecular flexibility index (Phi) is 2.67. The van der Waals surface area contributed by atoms with Gasteiger partial charge in [-0.2, -0.15) is 5.10 Å². The maximum atomic E-state index is 4.53. The van der Waals surface area contributed by atoms with E-state index >= 15 is 0 Å². The molecule has 0 bridgehead atoms. The van der Waals surface area contributed by atoms with Gasteiger partial charge in [0.15, 0.2) is 0 Å². The number of aromatic amines is 1. The summed E-state index contributed by atoms with van der Waals surface area (Å²) < 4.78 is 1.32. The first kappa shape index (κ1) is 11.7. The molecule has 94 valence electrons. The Labute approximate surface area is 111 Å². The lowest BCUT2D eigenvalue weighted by Crippen LogP contribution is -1.87. The lowest BCUT2D eigenvalue weighted by Gasteiger charge is -2.00. The molecule has 0 aliphatic rings. The van der Waals surface area contributed by atoms with Crippen LogP contribution in [0.1, 0.15) is 50.1 Å². The van der Waals surface area contributed by atoms with Gasteiger partial charge in [0.2, 0.25) is 0 Å². The normalized spacial score (nSPS) is 12.3. The predicted octanol–water partition coefficient (Wildman–Crippen LogP) is 5.02. The number of nitrogens with zero attached hydrogens (tertiary/aromatic N) is 1. The molecule has 0 saturated heterocycles. The first-order valence-corrected chi connectivity index (χ1v) is 7.30. The highest BCUT2D eigenvalue weighted by Crippen LogP contribution is 2.36. The van der Waals surface area contributed by atoms with E-state index < -0.39 is 0 Å². The van der Waals surface area contributed by atoms with E-state index in [9.17, 15) is 0 Å². The van der Waals surface area contributed by atoms with E-state index in [0.29, 0.717) is 11.8 Å². The molecule has 0 aliphatic carbocycles. The molecule has 0 aliphatic heterocycles. The summed E-state index contributed by atoms with van der Waals surface area (Å²) in [6, 6.07) is 6.72. The highest BCUT2D eigenvalue weighted by molar-refractivity contribution is 7.20. The third-order valence-electron chi connectivity index (χ3n) is 3.40. The van der Waals surface area contributed by atoms with Crippen molar-refractivity contribution < 1.29 is 0 Å². The van der Waals surface area contributed by atoms with Crippen molar-refractivity contribution in [3.63, 3.8) is 0 Å². The standard InChI is InChI=1S/C15H18N2S/c1-8(2)12-7-10-5-6-11-13(9(3)4)16-17-14(11)15(10)18-12/h5-9H,1-4H3,(H,16,17). The number of hydrogen-bond donors (Lipinski definition) is 1. The summed E-state index contributed by atoms with van der Waals surface area (Å²) in [7, 11) is 0. The van der Waals surface area contributed by atoms with Gasteiger partial charge in [-0.3, -0.25) is 5.10 Å². The molecule has 0 radical (unpaired) electrons. The average Bonchev–Trinajstić information content (AvgIpc) is 2.91. The van der Waals surface area contributed by atoms with Crippen LogP contribution in [0, 0.1) is 0 Å². The summed E-state index contributed by atoms with van der Waals surface area (Å²) >= 11 is 1.88. The van der Waals surface area contributed by atoms with Gasteiger partial charge in [-0.1, -0.05) is 39.8 Å². The summed E-state index contributed by atoms with van der Waals surface area (Å²) in [5.74, 6) is 1.07. The van der Waals surface area contributed by atoms with Gasteiger partial charge in [0.1, 0.15) is 5.52 Å². The van der Waals surface area contributed by atoms with Gasteiger partial charge >= 0.3 is 0 Å². The zero-order valence-corrected chi connectivity index (χ0v) is 12.1. The predicted molar refractivity (Wildman–Crippen MR) is 79.7 cm³/mol. The number of fused-ring (bicyclic) bond motifs is 3. The zero-order chi connectivity index (χ0) is 12.9. The van der Waals surface area contributed by atoms with Crippen LogP contribution in [0.3, 0.4) is 0 Å². The van der Waals surface area contributed by atoms with Crippen molar-refractivity contribution in [1.29, 1.82) is 0 Å². The molecule has 0 saturated carbocycles. The second kappa shape index (κ2) is 4.09. The summed E-state index contributed by atoms with van der Waals surface area (Å²) in [6.07, 6.45) is 0. The number of H-pyrrole nitrogens is 1. The van der Waals surface area contributed by atoms with Crippen LogP contribution in [-0.4, -0.2) is 10.2 Å². The van der Waals surface area contributed by atoms with Crippen LogP contribution in [0.4, 0.5) is 0 Å². The molecule has 0 unspecified atom stereocenters. The first-order chi connectivity index (χ1) is 8.58. The lowest BCUT2D eigenvalue weighted by molar-refractivity contribution is 0.818. The highest BCUT2D eigenvalue weighted by Gasteiger charge is 2.14. The Bertz CT molecular complexity index is 704. The van der Waals surface area contributed by atoms with E-state index in [0.717, 1.165) is 5.52 Å². The Hall–Kier alpha value is -1.35. The van der Waals surface area contributed by atoms with E-state index in [2.05, 4.69) is 56.1 Å². The zero-order valence-electron chi connectivity index (χ0n) is 11.2. The third kappa shape index (κ3) is 1.65. The van der Waals surface area contributed by atoms with Crippen LogP contribution >= 0.6 is 11.3 Å². The highest BCUT2D eigenvalue weighted by atomic mass is 32.1. The van der Waals surface area contributed by atoms with Crippen LogP contribution in [0.15, 0.2) is 18.2 Å². The average molecular weight is 258 g/mol. The van der Waals surface area contributed by atoms with Gasteiger partial charge in [-0.25, -0.2) is 0 Å². The molecular formula is C15H18N2S. The maximum Gasteiger partial charge on any atom is 0.110 e. The van der Waals surface area contributed by atoms with Gasteiger partial charge < -0.3 is 0 Å². The van der Waals surface area contributed by atoms with Crippen LogP contribution < -0.4 is 0 Å². The molecule has 2 heterocycles. The first-order valence-electron chi connectivity index (χ1n) is 6.48. The molecule has 0 atom stereocenters. The quantitative estimate of drug-likeness (QED) is 0.686. The monoisotopic (exact) mass is 258 g/mol. The molecule has 1 N–H and O–H groups in total. The van der Waals surface area contributed by atoms with E-state index in [4.69, 9.17) is 0 Å². The Balaban J connectivity index is 2.32. The fourth-order valence-corrected chi connectivity index (χ4v) is 3.49. The second-order valence-electron chi connectivity index (χ2n) is 5.48. The molecule has 2 aromatic heterocycles. The van der Waals surface area contributed by atoms with Crippen molar-refractivity contribution in [2.45, 2.75) is 39.5 Å². The molecule has 3 aromatic rings. The number of rotatable bonds is 2. The second-order valence-corrected chi connectivity index (χ2v) is 6.56. The summed E-state index contributed by atoms with van der Waals surface area (Å²) in [6.45, 7) is 8.88. The number of thiophene rings is 1. The van der Waals surface area contributed by atoms with Crippen LogP contribution in [0.5, 0.6) is 0 Å². The number of aromatic nitrogens is 2. The maximum absolute atomic E-state index is 4.53. The van der Waals surface area contributed by atoms with E-state index in [1.54, 1.807) is 0 Å². The molecule has 0 spiro atoms. The van der Waals surface area contributed by atoms with Gasteiger partial charge in [0, 0.05) is 16.0 Å².